The van der Waals surface area contributed by atoms with E-state index < -0.39 is 52.2 Å². The molecule has 6 rings (SSSR count). The van der Waals surface area contributed by atoms with Crippen molar-refractivity contribution in [3.8, 4) is 0 Å². The summed E-state index contributed by atoms with van der Waals surface area (Å²) in [6.07, 6.45) is 2.61. The van der Waals surface area contributed by atoms with Crippen LogP contribution < -0.4 is 0 Å². The summed E-state index contributed by atoms with van der Waals surface area (Å²) in [4.78, 5) is 32.8. The van der Waals surface area contributed by atoms with E-state index in [4.69, 9.17) is 21.2 Å². The van der Waals surface area contributed by atoms with Crippen molar-refractivity contribution in [1.29, 1.82) is 0 Å². The van der Waals surface area contributed by atoms with E-state index >= 15 is 8.78 Å². The molecule has 1 heterocycles. The normalized spacial score (nSPS) is 43.1. The number of rotatable bonds is 6. The number of hydroxylamine groups is 2. The van der Waals surface area contributed by atoms with E-state index in [2.05, 4.69) is 0 Å². The number of halogens is 3. The molecular weight excluding hydrogens is 552 g/mol. The molecular formula is C32H38ClF2NO5. The minimum Gasteiger partial charge on any atom is -0.463 e. The number of alkyl halides is 2. The Morgan fingerprint density at radius 1 is 1.22 bits per heavy atom. The Hall–Kier alpha value is -2.13. The third-order valence-electron chi connectivity index (χ3n) is 11.0. The van der Waals surface area contributed by atoms with Crippen LogP contribution in [0.3, 0.4) is 0 Å². The first-order chi connectivity index (χ1) is 19.4. The lowest BCUT2D eigenvalue weighted by Crippen LogP contribution is -2.70. The molecule has 4 fully saturated rings. The summed E-state index contributed by atoms with van der Waals surface area (Å²) in [5, 5.41) is 14.1. The molecule has 222 valence electrons. The zero-order valence-electron chi connectivity index (χ0n) is 23.7. The number of unbranched alkanes of at least 4 members (excludes halogenated alkanes) is 1. The van der Waals surface area contributed by atoms with Crippen LogP contribution in [-0.2, 0) is 25.7 Å². The summed E-state index contributed by atoms with van der Waals surface area (Å²) in [7, 11) is 0. The number of benzene rings is 1. The average Bonchev–Trinajstić information content (AvgIpc) is 3.40. The van der Waals surface area contributed by atoms with Gasteiger partial charge in [-0.3, -0.25) is 9.63 Å². The monoisotopic (exact) mass is 589 g/mol. The standard InChI is InChI=1S/C32H38ClF2NO5/c1-4-5-12-40-28(39)32-20(18-36(41-32)17-19-6-8-21(33)9-7-19)13-23-24-15-26(34)25-14-22(37)10-11-29(25,2)31(24,35)27(38)16-30(23,32)3/h6-11,14,20,23-24,26-27,38H,4-5,12-13,15-18H2,1-3H3/t20-,23-,24-,26-,27-,29-,30-,31-,32-/m0/s1. The molecule has 6 nitrogen and oxygen atoms in total. The summed E-state index contributed by atoms with van der Waals surface area (Å²) >= 11 is 6.06. The Balaban J connectivity index is 1.38. The van der Waals surface area contributed by atoms with Gasteiger partial charge in [0.1, 0.15) is 6.17 Å². The summed E-state index contributed by atoms with van der Waals surface area (Å²) in [6, 6.07) is 7.39. The highest BCUT2D eigenvalue weighted by Crippen LogP contribution is 2.72. The molecule has 1 N–H and O–H groups in total. The van der Waals surface area contributed by atoms with Gasteiger partial charge in [0.05, 0.1) is 12.7 Å². The fraction of sp³-hybridized carbons (Fsp3) is 0.625. The van der Waals surface area contributed by atoms with Gasteiger partial charge in [0.15, 0.2) is 17.1 Å². The van der Waals surface area contributed by atoms with Crippen LogP contribution in [0.2, 0.25) is 5.02 Å². The van der Waals surface area contributed by atoms with E-state index in [0.29, 0.717) is 31.0 Å². The van der Waals surface area contributed by atoms with Gasteiger partial charge in [0, 0.05) is 40.8 Å². The molecule has 1 saturated heterocycles. The number of carbonyl (C=O) groups excluding carboxylic acids is 2. The van der Waals surface area contributed by atoms with Crippen LogP contribution in [0.25, 0.3) is 0 Å². The van der Waals surface area contributed by atoms with E-state index in [1.54, 1.807) is 24.1 Å². The van der Waals surface area contributed by atoms with Gasteiger partial charge in [-0.1, -0.05) is 50.1 Å². The largest absolute Gasteiger partial charge is 0.463 e. The Morgan fingerprint density at radius 3 is 2.66 bits per heavy atom. The predicted molar refractivity (Wildman–Crippen MR) is 149 cm³/mol. The Kier molecular flexibility index (Phi) is 7.04. The fourth-order valence-electron chi connectivity index (χ4n) is 8.97. The van der Waals surface area contributed by atoms with Gasteiger partial charge in [0.2, 0.25) is 0 Å². The topological polar surface area (TPSA) is 76.1 Å². The second kappa shape index (κ2) is 9.97. The summed E-state index contributed by atoms with van der Waals surface area (Å²) in [5.41, 5.74) is -5.10. The molecule has 3 saturated carbocycles. The molecule has 1 aromatic rings. The number of ether oxygens (including phenoxy) is 1. The molecule has 9 atom stereocenters. The van der Waals surface area contributed by atoms with Gasteiger partial charge in [-0.25, -0.2) is 13.6 Å². The number of nitrogens with zero attached hydrogens (tertiary/aromatic N) is 1. The van der Waals surface area contributed by atoms with Crippen LogP contribution in [0.15, 0.2) is 48.1 Å². The second-order valence-corrected chi connectivity index (χ2v) is 13.5. The van der Waals surface area contributed by atoms with Gasteiger partial charge in [-0.2, -0.15) is 5.06 Å². The van der Waals surface area contributed by atoms with Crippen molar-refractivity contribution in [2.75, 3.05) is 13.2 Å². The third-order valence-corrected chi connectivity index (χ3v) is 11.2. The third kappa shape index (κ3) is 3.96. The lowest BCUT2D eigenvalue weighted by Gasteiger charge is -2.63. The molecule has 0 amide bonds. The van der Waals surface area contributed by atoms with Crippen molar-refractivity contribution < 1.29 is 33.1 Å². The number of ketones is 1. The quantitative estimate of drug-likeness (QED) is 0.338. The molecule has 0 bridgehead atoms. The smallest absolute Gasteiger partial charge is 0.341 e. The SMILES string of the molecule is CCCCOC(=O)[C@@]12ON(Cc3ccc(Cl)cc3)C[C@@H]1C[C@H]1[C@@H]3C[C@H](F)C4=CC(=O)C=C[C@]4(C)[C@@]3(F)[C@@H](O)C[C@@]12C. The molecule has 0 spiro atoms. The average molecular weight is 590 g/mol. The molecule has 4 aliphatic carbocycles. The molecule has 9 heteroatoms. The van der Waals surface area contributed by atoms with Crippen molar-refractivity contribution >= 4 is 23.4 Å². The van der Waals surface area contributed by atoms with E-state index in [1.807, 2.05) is 26.0 Å². The van der Waals surface area contributed by atoms with Crippen LogP contribution in [0.4, 0.5) is 8.78 Å². The number of hydrogen-bond acceptors (Lipinski definition) is 6. The number of aliphatic hydroxyl groups is 1. The maximum atomic E-state index is 17.6. The molecule has 0 radical (unpaired) electrons. The van der Waals surface area contributed by atoms with Crippen LogP contribution >= 0.6 is 11.6 Å². The van der Waals surface area contributed by atoms with E-state index in [9.17, 15) is 14.7 Å². The van der Waals surface area contributed by atoms with Crippen molar-refractivity contribution in [2.45, 2.75) is 83.0 Å². The van der Waals surface area contributed by atoms with Crippen molar-refractivity contribution in [3.05, 3.63) is 58.7 Å². The van der Waals surface area contributed by atoms with Gasteiger partial charge >= 0.3 is 5.97 Å². The maximum absolute atomic E-state index is 17.6. The van der Waals surface area contributed by atoms with E-state index in [-0.39, 0.29) is 36.7 Å². The van der Waals surface area contributed by atoms with Crippen LogP contribution in [0.1, 0.15) is 58.4 Å². The first-order valence-electron chi connectivity index (χ1n) is 14.7. The van der Waals surface area contributed by atoms with Crippen molar-refractivity contribution in [2.24, 2.45) is 28.6 Å². The zero-order chi connectivity index (χ0) is 29.4. The van der Waals surface area contributed by atoms with Gasteiger partial charge in [0.25, 0.3) is 0 Å². The van der Waals surface area contributed by atoms with Gasteiger partial charge < -0.3 is 9.84 Å². The summed E-state index contributed by atoms with van der Waals surface area (Å²) in [5.74, 6) is -2.54. The number of aliphatic hydroxyl groups excluding tert-OH is 1. The van der Waals surface area contributed by atoms with E-state index in [1.165, 1.54) is 18.2 Å². The minimum absolute atomic E-state index is 0.0551. The fourth-order valence-corrected chi connectivity index (χ4v) is 9.09. The first-order valence-corrected chi connectivity index (χ1v) is 15.1. The van der Waals surface area contributed by atoms with Gasteiger partial charge in [-0.05, 0) is 73.9 Å². The predicted octanol–water partition coefficient (Wildman–Crippen LogP) is 5.71. The Labute approximate surface area is 244 Å². The first kappa shape index (κ1) is 29.0. The highest BCUT2D eigenvalue weighted by atomic mass is 35.5. The summed E-state index contributed by atoms with van der Waals surface area (Å²) < 4.78 is 39.2. The molecule has 1 aromatic carbocycles. The van der Waals surface area contributed by atoms with Crippen molar-refractivity contribution in [1.82, 2.24) is 5.06 Å². The van der Waals surface area contributed by atoms with E-state index in [0.717, 1.165) is 12.0 Å². The molecule has 1 aliphatic heterocycles. The number of hydrogen-bond donors (Lipinski definition) is 1. The van der Waals surface area contributed by atoms with Gasteiger partial charge in [-0.15, -0.1) is 0 Å². The molecule has 41 heavy (non-hydrogen) atoms. The lowest BCUT2D eigenvalue weighted by atomic mass is 9.44. The number of esters is 1. The Bertz CT molecular complexity index is 1300. The van der Waals surface area contributed by atoms with Crippen molar-refractivity contribution in [3.63, 3.8) is 0 Å². The van der Waals surface area contributed by atoms with Crippen LogP contribution in [0, 0.1) is 28.6 Å². The lowest BCUT2D eigenvalue weighted by molar-refractivity contribution is -0.277. The summed E-state index contributed by atoms with van der Waals surface area (Å²) in [6.45, 7) is 6.54. The second-order valence-electron chi connectivity index (χ2n) is 13.1. The zero-order valence-corrected chi connectivity index (χ0v) is 24.5. The molecule has 0 aromatic heterocycles. The number of allylic oxidation sites excluding steroid dienone is 4. The highest BCUT2D eigenvalue weighted by Gasteiger charge is 2.80. The van der Waals surface area contributed by atoms with Crippen LogP contribution in [-0.4, -0.2) is 58.6 Å². The number of fused-ring (bicyclic) bond motifs is 7. The molecule has 5 aliphatic rings. The Morgan fingerprint density at radius 2 is 1.95 bits per heavy atom. The minimum atomic E-state index is -2.21. The maximum Gasteiger partial charge on any atom is 0.341 e. The number of carbonyl (C=O) groups is 2. The highest BCUT2D eigenvalue weighted by molar-refractivity contribution is 6.30. The van der Waals surface area contributed by atoms with Crippen LogP contribution in [0.5, 0.6) is 0 Å². The molecule has 0 unspecified atom stereocenters.